The van der Waals surface area contributed by atoms with Crippen molar-refractivity contribution in [3.05, 3.63) is 0 Å². The Balaban J connectivity index is 1.88. The third-order valence-corrected chi connectivity index (χ3v) is 7.49. The first-order valence-electron chi connectivity index (χ1n) is 8.64. The molecule has 2 aliphatic carbocycles. The van der Waals surface area contributed by atoms with Crippen LogP contribution in [0.25, 0.3) is 0 Å². The van der Waals surface area contributed by atoms with Gasteiger partial charge in [0.1, 0.15) is 0 Å². The van der Waals surface area contributed by atoms with Crippen molar-refractivity contribution in [2.75, 3.05) is 19.6 Å². The standard InChI is InChI=1S/C18H33NO/c1-7-19(8-2)13-16(5)12-18-10-9-14(11-18)15(3,4)17(18,6)20-16/h14H,7-13H2,1-6H3/t14-,16-,17+,18+/m1/s1. The second kappa shape index (κ2) is 4.23. The van der Waals surface area contributed by atoms with Crippen molar-refractivity contribution in [1.29, 1.82) is 0 Å². The number of hydrogen-bond acceptors (Lipinski definition) is 2. The molecule has 0 aromatic heterocycles. The summed E-state index contributed by atoms with van der Waals surface area (Å²) in [5.41, 5.74) is 0.938. The van der Waals surface area contributed by atoms with Crippen molar-refractivity contribution >= 4 is 0 Å². The molecule has 1 spiro atoms. The molecule has 2 bridgehead atoms. The van der Waals surface area contributed by atoms with Crippen LogP contribution >= 0.6 is 0 Å². The number of likely N-dealkylation sites (N-methyl/N-ethyl adjacent to an activating group) is 1. The van der Waals surface area contributed by atoms with Crippen molar-refractivity contribution in [2.24, 2.45) is 16.7 Å². The molecule has 0 aromatic rings. The van der Waals surface area contributed by atoms with Crippen LogP contribution < -0.4 is 0 Å². The zero-order chi connectivity index (χ0) is 14.8. The predicted octanol–water partition coefficient (Wildman–Crippen LogP) is 4.09. The molecule has 0 N–H and O–H groups in total. The molecule has 4 atom stereocenters. The van der Waals surface area contributed by atoms with Crippen LogP contribution in [0.4, 0.5) is 0 Å². The van der Waals surface area contributed by atoms with Crippen molar-refractivity contribution < 1.29 is 4.74 Å². The van der Waals surface area contributed by atoms with Gasteiger partial charge in [0.15, 0.2) is 0 Å². The summed E-state index contributed by atoms with van der Waals surface area (Å²) in [6.07, 6.45) is 5.50. The Hall–Kier alpha value is -0.0800. The van der Waals surface area contributed by atoms with Crippen molar-refractivity contribution in [3.8, 4) is 0 Å². The van der Waals surface area contributed by atoms with Crippen LogP contribution in [0.3, 0.4) is 0 Å². The molecule has 0 radical (unpaired) electrons. The monoisotopic (exact) mass is 279 g/mol. The zero-order valence-electron chi connectivity index (χ0n) is 14.4. The Kier molecular flexibility index (Phi) is 3.14. The lowest BCUT2D eigenvalue weighted by molar-refractivity contribution is -0.174. The average Bonchev–Trinajstić information content (AvgIpc) is 2.93. The summed E-state index contributed by atoms with van der Waals surface area (Å²) < 4.78 is 6.89. The fraction of sp³-hybridized carbons (Fsp3) is 1.00. The Morgan fingerprint density at radius 3 is 2.30 bits per heavy atom. The molecule has 3 fully saturated rings. The van der Waals surface area contributed by atoms with E-state index < -0.39 is 0 Å². The SMILES string of the molecule is CCN(CC)C[C@@]1(C)C[C@]23CC[C@H](C2)C(C)(C)[C@]3(C)O1. The topological polar surface area (TPSA) is 12.5 Å². The highest BCUT2D eigenvalue weighted by molar-refractivity contribution is 5.24. The Morgan fingerprint density at radius 1 is 1.10 bits per heavy atom. The first-order valence-corrected chi connectivity index (χ1v) is 8.64. The first kappa shape index (κ1) is 14.8. The number of fused-ring (bicyclic) bond motifs is 1. The van der Waals surface area contributed by atoms with Gasteiger partial charge in [-0.05, 0) is 64.0 Å². The highest BCUT2D eigenvalue weighted by Crippen LogP contribution is 2.75. The van der Waals surface area contributed by atoms with Gasteiger partial charge in [0.25, 0.3) is 0 Å². The number of hydrogen-bond donors (Lipinski definition) is 0. The Bertz CT molecular complexity index is 402. The molecule has 20 heavy (non-hydrogen) atoms. The summed E-state index contributed by atoms with van der Waals surface area (Å²) in [6.45, 7) is 17.6. The van der Waals surface area contributed by atoms with E-state index in [0.717, 1.165) is 25.6 Å². The van der Waals surface area contributed by atoms with Gasteiger partial charge in [0.05, 0.1) is 11.2 Å². The summed E-state index contributed by atoms with van der Waals surface area (Å²) in [5, 5.41) is 0. The Morgan fingerprint density at radius 2 is 1.75 bits per heavy atom. The minimum absolute atomic E-state index is 0.0490. The fourth-order valence-electron chi connectivity index (χ4n) is 6.07. The number of nitrogens with zero attached hydrogens (tertiary/aromatic N) is 1. The third kappa shape index (κ3) is 1.64. The number of ether oxygens (including phenoxy) is 1. The Labute approximate surface area is 125 Å². The number of rotatable bonds is 4. The lowest BCUT2D eigenvalue weighted by Crippen LogP contribution is -2.52. The van der Waals surface area contributed by atoms with E-state index in [4.69, 9.17) is 4.74 Å². The summed E-state index contributed by atoms with van der Waals surface area (Å²) in [4.78, 5) is 2.53. The van der Waals surface area contributed by atoms with E-state index in [2.05, 4.69) is 46.4 Å². The second-order valence-corrected chi connectivity index (χ2v) is 8.67. The third-order valence-electron chi connectivity index (χ3n) is 7.49. The van der Waals surface area contributed by atoms with Crippen molar-refractivity contribution in [3.63, 3.8) is 0 Å². The van der Waals surface area contributed by atoms with Gasteiger partial charge in [0.2, 0.25) is 0 Å². The van der Waals surface area contributed by atoms with Gasteiger partial charge in [-0.3, -0.25) is 0 Å². The van der Waals surface area contributed by atoms with Crippen molar-refractivity contribution in [1.82, 2.24) is 4.90 Å². The summed E-state index contributed by atoms with van der Waals surface area (Å²) in [6, 6.07) is 0. The van der Waals surface area contributed by atoms with Crippen LogP contribution in [-0.2, 0) is 4.74 Å². The minimum atomic E-state index is 0.0490. The van der Waals surface area contributed by atoms with Crippen molar-refractivity contribution in [2.45, 2.75) is 78.4 Å². The van der Waals surface area contributed by atoms with E-state index in [1.54, 1.807) is 0 Å². The van der Waals surface area contributed by atoms with E-state index in [1.165, 1.54) is 25.7 Å². The molecular formula is C18H33NO. The zero-order valence-corrected chi connectivity index (χ0v) is 14.4. The molecule has 0 unspecified atom stereocenters. The smallest absolute Gasteiger partial charge is 0.0795 e. The van der Waals surface area contributed by atoms with Crippen LogP contribution in [0.2, 0.25) is 0 Å². The predicted molar refractivity (Wildman–Crippen MR) is 83.9 cm³/mol. The average molecular weight is 279 g/mol. The van der Waals surface area contributed by atoms with Gasteiger partial charge < -0.3 is 9.64 Å². The fourth-order valence-corrected chi connectivity index (χ4v) is 6.07. The highest BCUT2D eigenvalue weighted by Gasteiger charge is 2.74. The van der Waals surface area contributed by atoms with Gasteiger partial charge in [0, 0.05) is 12.0 Å². The minimum Gasteiger partial charge on any atom is -0.367 e. The highest BCUT2D eigenvalue weighted by atomic mass is 16.5. The molecule has 0 amide bonds. The van der Waals surface area contributed by atoms with Gasteiger partial charge in [-0.2, -0.15) is 0 Å². The quantitative estimate of drug-likeness (QED) is 0.768. The van der Waals surface area contributed by atoms with Gasteiger partial charge >= 0.3 is 0 Å². The van der Waals surface area contributed by atoms with Gasteiger partial charge in [-0.1, -0.05) is 27.7 Å². The summed E-state index contributed by atoms with van der Waals surface area (Å²) in [5.74, 6) is 0.880. The molecule has 2 nitrogen and oxygen atoms in total. The van der Waals surface area contributed by atoms with Crippen LogP contribution in [-0.4, -0.2) is 35.7 Å². The normalized spacial score (nSPS) is 49.0. The van der Waals surface area contributed by atoms with Crippen LogP contribution in [0.5, 0.6) is 0 Å². The maximum atomic E-state index is 6.89. The largest absolute Gasteiger partial charge is 0.367 e. The molecule has 2 heteroatoms. The van der Waals surface area contributed by atoms with Gasteiger partial charge in [-0.15, -0.1) is 0 Å². The maximum absolute atomic E-state index is 6.89. The van der Waals surface area contributed by atoms with E-state index >= 15 is 0 Å². The molecule has 116 valence electrons. The molecule has 2 saturated carbocycles. The van der Waals surface area contributed by atoms with E-state index in [-0.39, 0.29) is 11.2 Å². The molecule has 0 aromatic carbocycles. The van der Waals surface area contributed by atoms with Gasteiger partial charge in [-0.25, -0.2) is 0 Å². The first-order chi connectivity index (χ1) is 9.22. The maximum Gasteiger partial charge on any atom is 0.0795 e. The molecular weight excluding hydrogens is 246 g/mol. The van der Waals surface area contributed by atoms with E-state index in [1.807, 2.05) is 0 Å². The molecule has 3 rings (SSSR count). The molecule has 1 aliphatic heterocycles. The summed E-state index contributed by atoms with van der Waals surface area (Å²) in [7, 11) is 0. The lowest BCUT2D eigenvalue weighted by Gasteiger charge is -2.49. The second-order valence-electron chi connectivity index (χ2n) is 8.67. The van der Waals surface area contributed by atoms with Crippen LogP contribution in [0, 0.1) is 16.7 Å². The van der Waals surface area contributed by atoms with Crippen LogP contribution in [0.15, 0.2) is 0 Å². The molecule has 1 saturated heterocycles. The van der Waals surface area contributed by atoms with E-state index in [0.29, 0.717) is 10.8 Å². The summed E-state index contributed by atoms with van der Waals surface area (Å²) >= 11 is 0. The molecule has 1 heterocycles. The van der Waals surface area contributed by atoms with Crippen LogP contribution in [0.1, 0.15) is 67.2 Å². The molecule has 3 aliphatic rings. The van der Waals surface area contributed by atoms with E-state index in [9.17, 15) is 0 Å². The lowest BCUT2D eigenvalue weighted by atomic mass is 9.60.